The van der Waals surface area contributed by atoms with Gasteiger partial charge in [0.2, 0.25) is 0 Å². The van der Waals surface area contributed by atoms with Gasteiger partial charge in [-0.25, -0.2) is 4.57 Å². The number of aliphatic hydroxyl groups is 1. The molecular weight excluding hydrogens is 347 g/mol. The smallest absolute Gasteiger partial charge is 0.407 e. The average Bonchev–Trinajstić information content (AvgIpc) is 2.99. The van der Waals surface area contributed by atoms with Crippen LogP contribution in [0.15, 0.2) is 11.3 Å². The molecule has 0 radical (unpaired) electrons. The predicted octanol–water partition coefficient (Wildman–Crippen LogP) is 4.76. The van der Waals surface area contributed by atoms with E-state index in [0.717, 1.165) is 37.2 Å². The molecule has 1 N–H and O–H groups in total. The van der Waals surface area contributed by atoms with Crippen molar-refractivity contribution in [2.45, 2.75) is 58.6 Å². The third-order valence-electron chi connectivity index (χ3n) is 4.87. The summed E-state index contributed by atoms with van der Waals surface area (Å²) in [5, 5.41) is 10.0. The van der Waals surface area contributed by atoms with E-state index >= 15 is 0 Å². The molecule has 1 fully saturated rings. The molecule has 24 heavy (non-hydrogen) atoms. The number of allylic oxidation sites excluding steroid dienone is 1. The topological polar surface area (TPSA) is 65.0 Å². The molecule has 1 saturated carbocycles. The van der Waals surface area contributed by atoms with Crippen molar-refractivity contribution in [2.75, 3.05) is 25.6 Å². The second-order valence-electron chi connectivity index (χ2n) is 6.70. The van der Waals surface area contributed by atoms with Crippen LogP contribution in [0.25, 0.3) is 0 Å². The number of thioether (sulfide) groups is 1. The molecule has 0 amide bonds. The number of fused-ring (bicyclic) bond motifs is 1. The molecule has 0 aliphatic heterocycles. The Morgan fingerprint density at radius 1 is 1.29 bits per heavy atom. The summed E-state index contributed by atoms with van der Waals surface area (Å²) >= 11 is 1.74. The van der Waals surface area contributed by atoms with E-state index in [-0.39, 0.29) is 30.5 Å². The Labute approximate surface area is 150 Å². The number of phosphoric ester groups is 1. The third kappa shape index (κ3) is 4.21. The summed E-state index contributed by atoms with van der Waals surface area (Å²) in [5.74, 6) is 2.05. The van der Waals surface area contributed by atoms with Gasteiger partial charge in [-0.3, -0.25) is 9.05 Å². The van der Waals surface area contributed by atoms with Gasteiger partial charge in [0.15, 0.2) is 0 Å². The zero-order valence-corrected chi connectivity index (χ0v) is 17.0. The molecule has 5 nitrogen and oxygen atoms in total. The molecule has 0 saturated heterocycles. The summed E-state index contributed by atoms with van der Waals surface area (Å²) in [5.41, 5.74) is 0.976. The van der Waals surface area contributed by atoms with Crippen LogP contribution >= 0.6 is 19.6 Å². The maximum absolute atomic E-state index is 12.9. The summed E-state index contributed by atoms with van der Waals surface area (Å²) in [4.78, 5) is 0. The predicted molar refractivity (Wildman–Crippen MR) is 98.0 cm³/mol. The molecule has 0 bridgehead atoms. The van der Waals surface area contributed by atoms with E-state index in [1.807, 2.05) is 0 Å². The van der Waals surface area contributed by atoms with Crippen molar-refractivity contribution >= 4 is 19.6 Å². The molecule has 0 aromatic heterocycles. The molecule has 140 valence electrons. The number of phosphoric acid groups is 1. The van der Waals surface area contributed by atoms with Crippen molar-refractivity contribution in [1.29, 1.82) is 0 Å². The van der Waals surface area contributed by atoms with Crippen molar-refractivity contribution in [3.63, 3.8) is 0 Å². The zero-order valence-electron chi connectivity index (χ0n) is 15.2. The molecule has 0 aromatic carbocycles. The Hall–Kier alpha value is -0.0000000000000000555. The fraction of sp³-hybridized carbons (Fsp3) is 0.882. The van der Waals surface area contributed by atoms with Crippen LogP contribution in [0.2, 0.25) is 0 Å². The lowest BCUT2D eigenvalue weighted by atomic mass is 9.71. The lowest BCUT2D eigenvalue weighted by molar-refractivity contribution is 0.0870. The lowest BCUT2D eigenvalue weighted by Crippen LogP contribution is -2.41. The lowest BCUT2D eigenvalue weighted by Gasteiger charge is -2.44. The summed E-state index contributed by atoms with van der Waals surface area (Å²) in [6.45, 7) is 8.39. The van der Waals surface area contributed by atoms with Gasteiger partial charge in [0, 0.05) is 12.0 Å². The Balaban J connectivity index is 2.41. The highest BCUT2D eigenvalue weighted by molar-refractivity contribution is 8.00. The van der Waals surface area contributed by atoms with Crippen molar-refractivity contribution in [3.05, 3.63) is 11.3 Å². The molecule has 2 aliphatic rings. The highest BCUT2D eigenvalue weighted by Crippen LogP contribution is 2.59. The van der Waals surface area contributed by atoms with Gasteiger partial charge in [0.05, 0.1) is 18.5 Å². The largest absolute Gasteiger partial charge is 0.529 e. The SMILES string of the molecule is CCOP(=O)(OCC)OC1=C2CCC[C@@H]2C[C@](C)(CO)[C@@H]1SCC. The van der Waals surface area contributed by atoms with Gasteiger partial charge < -0.3 is 9.63 Å². The van der Waals surface area contributed by atoms with Crippen molar-refractivity contribution in [3.8, 4) is 0 Å². The Morgan fingerprint density at radius 3 is 2.50 bits per heavy atom. The van der Waals surface area contributed by atoms with E-state index < -0.39 is 7.82 Å². The minimum Gasteiger partial charge on any atom is -0.407 e. The summed E-state index contributed by atoms with van der Waals surface area (Å²) in [6.07, 6.45) is 4.15. The number of rotatable bonds is 9. The van der Waals surface area contributed by atoms with Gasteiger partial charge in [0.25, 0.3) is 0 Å². The van der Waals surface area contributed by atoms with Gasteiger partial charge in [-0.15, -0.1) is 0 Å². The van der Waals surface area contributed by atoms with Crippen LogP contribution in [-0.2, 0) is 18.1 Å². The molecule has 0 aromatic rings. The van der Waals surface area contributed by atoms with Crippen LogP contribution in [0.3, 0.4) is 0 Å². The molecule has 7 heteroatoms. The number of hydrogen-bond acceptors (Lipinski definition) is 6. The van der Waals surface area contributed by atoms with Crippen LogP contribution in [0, 0.1) is 11.3 Å². The third-order valence-corrected chi connectivity index (χ3v) is 7.89. The van der Waals surface area contributed by atoms with E-state index in [0.29, 0.717) is 5.92 Å². The summed E-state index contributed by atoms with van der Waals surface area (Å²) in [7, 11) is -3.62. The van der Waals surface area contributed by atoms with Gasteiger partial charge in [-0.2, -0.15) is 11.8 Å². The standard InChI is InChI=1S/C17H31O5PS/c1-5-20-23(19,21-6-2)22-15-14-10-8-9-13(14)11-17(4,12-18)16(15)24-7-3/h13,16,18H,5-12H2,1-4H3/t13-,16-,17-/m1/s1. The van der Waals surface area contributed by atoms with E-state index in [4.69, 9.17) is 13.6 Å². The summed E-state index contributed by atoms with van der Waals surface area (Å²) < 4.78 is 29.7. The van der Waals surface area contributed by atoms with Crippen LogP contribution in [0.5, 0.6) is 0 Å². The van der Waals surface area contributed by atoms with E-state index in [1.54, 1.807) is 25.6 Å². The molecule has 2 aliphatic carbocycles. The van der Waals surface area contributed by atoms with E-state index in [9.17, 15) is 9.67 Å². The number of hydrogen-bond donors (Lipinski definition) is 1. The average molecular weight is 378 g/mol. The van der Waals surface area contributed by atoms with Gasteiger partial charge >= 0.3 is 7.82 Å². The second-order valence-corrected chi connectivity index (χ2v) is 9.68. The minimum absolute atomic E-state index is 0.0221. The highest BCUT2D eigenvalue weighted by atomic mass is 32.2. The first-order chi connectivity index (χ1) is 11.4. The maximum Gasteiger partial charge on any atom is 0.529 e. The first-order valence-electron chi connectivity index (χ1n) is 8.97. The fourth-order valence-electron chi connectivity index (χ4n) is 3.85. The number of aliphatic hydroxyl groups excluding tert-OH is 1. The first kappa shape index (κ1) is 20.3. The monoisotopic (exact) mass is 378 g/mol. The van der Waals surface area contributed by atoms with Crippen molar-refractivity contribution in [2.24, 2.45) is 11.3 Å². The Morgan fingerprint density at radius 2 is 1.96 bits per heavy atom. The quantitative estimate of drug-likeness (QED) is 0.584. The minimum atomic E-state index is -3.62. The van der Waals surface area contributed by atoms with Gasteiger partial charge in [-0.05, 0) is 56.8 Å². The van der Waals surface area contributed by atoms with Gasteiger partial charge in [-0.1, -0.05) is 13.8 Å². The van der Waals surface area contributed by atoms with Gasteiger partial charge in [0.1, 0.15) is 5.76 Å². The van der Waals surface area contributed by atoms with E-state index in [1.165, 1.54) is 5.57 Å². The molecule has 0 spiro atoms. The van der Waals surface area contributed by atoms with Crippen LogP contribution < -0.4 is 0 Å². The second kappa shape index (κ2) is 8.59. The first-order valence-corrected chi connectivity index (χ1v) is 11.5. The highest BCUT2D eigenvalue weighted by Gasteiger charge is 2.49. The van der Waals surface area contributed by atoms with Crippen LogP contribution in [0.1, 0.15) is 53.4 Å². The van der Waals surface area contributed by atoms with Crippen LogP contribution in [0.4, 0.5) is 0 Å². The fourth-order valence-corrected chi connectivity index (χ4v) is 6.45. The van der Waals surface area contributed by atoms with Crippen LogP contribution in [-0.4, -0.2) is 35.9 Å². The Bertz CT molecular complexity index is 499. The molecule has 0 unspecified atom stereocenters. The van der Waals surface area contributed by atoms with Crippen molar-refractivity contribution in [1.82, 2.24) is 0 Å². The molecule has 3 atom stereocenters. The maximum atomic E-state index is 12.9. The molecular formula is C17H31O5PS. The van der Waals surface area contributed by atoms with E-state index in [2.05, 4.69) is 13.8 Å². The molecule has 0 heterocycles. The zero-order chi connectivity index (χ0) is 17.8. The molecule has 2 rings (SSSR count). The normalized spacial score (nSPS) is 30.5. The Kier molecular flexibility index (Phi) is 7.27. The van der Waals surface area contributed by atoms with Crippen molar-refractivity contribution < 1.29 is 23.2 Å². The summed E-state index contributed by atoms with van der Waals surface area (Å²) in [6, 6.07) is 0.